The highest BCUT2D eigenvalue weighted by Gasteiger charge is 2.08. The summed E-state index contributed by atoms with van der Waals surface area (Å²) in [5, 5.41) is 0.540. The maximum absolute atomic E-state index is 13.8. The van der Waals surface area contributed by atoms with Gasteiger partial charge in [0.1, 0.15) is 11.6 Å². The molecule has 0 bridgehead atoms. The molecule has 3 aromatic rings. The molecule has 0 aliphatic rings. The summed E-state index contributed by atoms with van der Waals surface area (Å²) in [6.07, 6.45) is 1.75. The molecule has 0 spiro atoms. The van der Waals surface area contributed by atoms with Crippen LogP contribution in [0.5, 0.6) is 0 Å². The van der Waals surface area contributed by atoms with Crippen molar-refractivity contribution in [3.63, 3.8) is 0 Å². The summed E-state index contributed by atoms with van der Waals surface area (Å²) in [4.78, 5) is 0. The topological polar surface area (TPSA) is 30.9 Å². The molecule has 0 saturated carbocycles. The van der Waals surface area contributed by atoms with E-state index >= 15 is 0 Å². The molecule has 0 aliphatic heterocycles. The van der Waals surface area contributed by atoms with E-state index in [0.29, 0.717) is 23.2 Å². The van der Waals surface area contributed by atoms with Crippen molar-refractivity contribution >= 4 is 16.6 Å². The zero-order valence-corrected chi connectivity index (χ0v) is 10.1. The maximum Gasteiger partial charge on any atom is 0.132 e. The summed E-state index contributed by atoms with van der Waals surface area (Å²) in [6.45, 7) is 0.346. The van der Waals surface area contributed by atoms with E-state index in [9.17, 15) is 8.78 Å². The standard InChI is InChI=1S/C15H12F2N2/c16-13-2-1-3-15-12(13)6-7-19(15)9-10-4-5-11(18)8-14(10)17/h1-8H,9,18H2. The lowest BCUT2D eigenvalue weighted by Crippen LogP contribution is -2.01. The monoisotopic (exact) mass is 258 g/mol. The van der Waals surface area contributed by atoms with Crippen molar-refractivity contribution in [2.45, 2.75) is 6.54 Å². The lowest BCUT2D eigenvalue weighted by molar-refractivity contribution is 0.602. The van der Waals surface area contributed by atoms with E-state index in [1.54, 1.807) is 30.5 Å². The fourth-order valence-electron chi connectivity index (χ4n) is 2.20. The van der Waals surface area contributed by atoms with Crippen LogP contribution in [0.3, 0.4) is 0 Å². The zero-order chi connectivity index (χ0) is 13.4. The number of anilines is 1. The molecule has 0 atom stereocenters. The van der Waals surface area contributed by atoms with Gasteiger partial charge in [-0.05, 0) is 30.3 Å². The molecule has 0 amide bonds. The lowest BCUT2D eigenvalue weighted by atomic mass is 10.2. The Labute approximate surface area is 109 Å². The maximum atomic E-state index is 13.8. The van der Waals surface area contributed by atoms with Crippen molar-refractivity contribution in [2.75, 3.05) is 5.73 Å². The summed E-state index contributed by atoms with van der Waals surface area (Å²) >= 11 is 0. The van der Waals surface area contributed by atoms with Crippen LogP contribution in [0, 0.1) is 11.6 Å². The first kappa shape index (κ1) is 11.7. The molecule has 0 saturated heterocycles. The third-order valence-corrected chi connectivity index (χ3v) is 3.18. The third kappa shape index (κ3) is 2.05. The first-order valence-electron chi connectivity index (χ1n) is 5.92. The Bertz CT molecular complexity index is 747. The highest BCUT2D eigenvalue weighted by Crippen LogP contribution is 2.21. The van der Waals surface area contributed by atoms with Crippen LogP contribution in [-0.2, 0) is 6.54 Å². The average molecular weight is 258 g/mol. The van der Waals surface area contributed by atoms with Crippen molar-refractivity contribution in [3.05, 3.63) is 65.9 Å². The minimum atomic E-state index is -0.349. The molecule has 1 heterocycles. The second kappa shape index (κ2) is 4.39. The van der Waals surface area contributed by atoms with Gasteiger partial charge in [0.05, 0.1) is 12.1 Å². The number of halogens is 2. The third-order valence-electron chi connectivity index (χ3n) is 3.18. The summed E-state index contributed by atoms with van der Waals surface area (Å²) in [5.74, 6) is -0.618. The minimum Gasteiger partial charge on any atom is -0.399 e. The Kier molecular flexibility index (Phi) is 2.71. The number of benzene rings is 2. The van der Waals surface area contributed by atoms with E-state index in [1.807, 2.05) is 10.6 Å². The van der Waals surface area contributed by atoms with Gasteiger partial charge in [0.2, 0.25) is 0 Å². The number of nitrogen functional groups attached to an aromatic ring is 1. The fraction of sp³-hybridized carbons (Fsp3) is 0.0667. The van der Waals surface area contributed by atoms with Gasteiger partial charge in [-0.2, -0.15) is 0 Å². The van der Waals surface area contributed by atoms with Gasteiger partial charge >= 0.3 is 0 Å². The minimum absolute atomic E-state index is 0.269. The van der Waals surface area contributed by atoms with E-state index in [2.05, 4.69) is 0 Å². The predicted octanol–water partition coefficient (Wildman–Crippen LogP) is 3.55. The number of hydrogen-bond acceptors (Lipinski definition) is 1. The van der Waals surface area contributed by atoms with Crippen molar-refractivity contribution in [1.29, 1.82) is 0 Å². The van der Waals surface area contributed by atoms with E-state index in [0.717, 1.165) is 5.52 Å². The molecule has 0 aliphatic carbocycles. The van der Waals surface area contributed by atoms with Gasteiger partial charge in [-0.3, -0.25) is 0 Å². The Balaban J connectivity index is 2.04. The molecule has 3 rings (SSSR count). The van der Waals surface area contributed by atoms with E-state index in [1.165, 1.54) is 12.1 Å². The number of fused-ring (bicyclic) bond motifs is 1. The lowest BCUT2D eigenvalue weighted by Gasteiger charge is -2.07. The van der Waals surface area contributed by atoms with Crippen molar-refractivity contribution in [1.82, 2.24) is 4.57 Å². The molecule has 2 nitrogen and oxygen atoms in total. The molecular weight excluding hydrogens is 246 g/mol. The largest absolute Gasteiger partial charge is 0.399 e. The highest BCUT2D eigenvalue weighted by atomic mass is 19.1. The molecule has 1 aromatic heterocycles. The van der Waals surface area contributed by atoms with Gasteiger partial charge in [0.25, 0.3) is 0 Å². The smallest absolute Gasteiger partial charge is 0.132 e. The van der Waals surface area contributed by atoms with Crippen molar-refractivity contribution in [2.24, 2.45) is 0 Å². The van der Waals surface area contributed by atoms with Gasteiger partial charge in [-0.25, -0.2) is 8.78 Å². The molecule has 2 aromatic carbocycles. The average Bonchev–Trinajstić information content (AvgIpc) is 2.78. The first-order valence-corrected chi connectivity index (χ1v) is 5.92. The molecule has 4 heteroatoms. The first-order chi connectivity index (χ1) is 9.15. The Morgan fingerprint density at radius 1 is 1.00 bits per heavy atom. The van der Waals surface area contributed by atoms with Gasteiger partial charge < -0.3 is 10.3 Å². The number of aromatic nitrogens is 1. The molecule has 96 valence electrons. The molecular formula is C15H12F2N2. The highest BCUT2D eigenvalue weighted by molar-refractivity contribution is 5.80. The van der Waals surface area contributed by atoms with Gasteiger partial charge in [-0.15, -0.1) is 0 Å². The molecule has 0 unspecified atom stereocenters. The van der Waals surface area contributed by atoms with Crippen molar-refractivity contribution in [3.8, 4) is 0 Å². The van der Waals surface area contributed by atoms with Gasteiger partial charge in [0.15, 0.2) is 0 Å². The predicted molar refractivity (Wildman–Crippen MR) is 71.8 cm³/mol. The van der Waals surface area contributed by atoms with Crippen molar-refractivity contribution < 1.29 is 8.78 Å². The van der Waals surface area contributed by atoms with E-state index in [-0.39, 0.29) is 11.6 Å². The van der Waals surface area contributed by atoms with Crippen LogP contribution in [-0.4, -0.2) is 4.57 Å². The zero-order valence-electron chi connectivity index (χ0n) is 10.1. The molecule has 19 heavy (non-hydrogen) atoms. The summed E-state index contributed by atoms with van der Waals surface area (Å²) in [7, 11) is 0. The fourth-order valence-corrected chi connectivity index (χ4v) is 2.20. The quantitative estimate of drug-likeness (QED) is 0.700. The summed E-state index contributed by atoms with van der Waals surface area (Å²) < 4.78 is 29.1. The van der Waals surface area contributed by atoms with Crippen LogP contribution >= 0.6 is 0 Å². The van der Waals surface area contributed by atoms with E-state index in [4.69, 9.17) is 5.73 Å². The summed E-state index contributed by atoms with van der Waals surface area (Å²) in [6, 6.07) is 11.2. The Hall–Kier alpha value is -2.36. The van der Waals surface area contributed by atoms with Crippen LogP contribution in [0.1, 0.15) is 5.56 Å². The summed E-state index contributed by atoms with van der Waals surface area (Å²) in [5.41, 5.74) is 7.18. The second-order valence-corrected chi connectivity index (χ2v) is 4.47. The van der Waals surface area contributed by atoms with Crippen LogP contribution in [0.2, 0.25) is 0 Å². The normalized spacial score (nSPS) is 11.1. The Morgan fingerprint density at radius 3 is 2.63 bits per heavy atom. The number of nitrogens with two attached hydrogens (primary N) is 1. The second-order valence-electron chi connectivity index (χ2n) is 4.47. The van der Waals surface area contributed by atoms with E-state index < -0.39 is 0 Å². The Morgan fingerprint density at radius 2 is 1.84 bits per heavy atom. The van der Waals surface area contributed by atoms with Crippen LogP contribution in [0.4, 0.5) is 14.5 Å². The number of nitrogens with zero attached hydrogens (tertiary/aromatic N) is 1. The molecule has 0 fully saturated rings. The molecule has 0 radical (unpaired) electrons. The number of hydrogen-bond donors (Lipinski definition) is 1. The van der Waals surface area contributed by atoms with Crippen LogP contribution in [0.25, 0.3) is 10.9 Å². The molecule has 2 N–H and O–H groups in total. The van der Waals surface area contributed by atoms with Crippen LogP contribution < -0.4 is 5.73 Å². The number of rotatable bonds is 2. The van der Waals surface area contributed by atoms with Crippen LogP contribution in [0.15, 0.2) is 48.7 Å². The van der Waals surface area contributed by atoms with Gasteiger partial charge in [0, 0.05) is 22.8 Å². The van der Waals surface area contributed by atoms with Gasteiger partial charge in [-0.1, -0.05) is 12.1 Å². The SMILES string of the molecule is Nc1ccc(Cn2ccc3c(F)cccc32)c(F)c1.